The summed E-state index contributed by atoms with van der Waals surface area (Å²) in [5, 5.41) is 4.38. The van der Waals surface area contributed by atoms with E-state index in [2.05, 4.69) is 15.2 Å². The summed E-state index contributed by atoms with van der Waals surface area (Å²) >= 11 is 6.21. The van der Waals surface area contributed by atoms with E-state index >= 15 is 0 Å². The van der Waals surface area contributed by atoms with Crippen LogP contribution in [0.5, 0.6) is 0 Å². The molecule has 1 saturated heterocycles. The normalized spacial score (nSPS) is 23.8. The molecule has 3 rings (SSSR count). The van der Waals surface area contributed by atoms with E-state index in [-0.39, 0.29) is 0 Å². The molecule has 0 spiro atoms. The van der Waals surface area contributed by atoms with Gasteiger partial charge in [-0.3, -0.25) is 9.88 Å². The Morgan fingerprint density at radius 1 is 1.39 bits per heavy atom. The second-order valence-electron chi connectivity index (χ2n) is 5.42. The Bertz CT molecular complexity index is 400. The smallest absolute Gasteiger partial charge is 0.0634 e. The predicted octanol–water partition coefficient (Wildman–Crippen LogP) is 2.45. The molecule has 1 atom stereocenters. The van der Waals surface area contributed by atoms with Gasteiger partial charge in [-0.1, -0.05) is 11.6 Å². The topological polar surface area (TPSA) is 28.2 Å². The zero-order valence-corrected chi connectivity index (χ0v) is 11.4. The molecule has 4 heteroatoms. The lowest BCUT2D eigenvalue weighted by molar-refractivity contribution is 0.231. The van der Waals surface area contributed by atoms with E-state index in [0.29, 0.717) is 6.04 Å². The number of nitrogens with one attached hydrogen (secondary N) is 1. The quantitative estimate of drug-likeness (QED) is 0.887. The molecule has 1 aliphatic carbocycles. The van der Waals surface area contributed by atoms with Gasteiger partial charge in [0.1, 0.15) is 0 Å². The second-order valence-corrected chi connectivity index (χ2v) is 5.83. The molecule has 1 aliphatic heterocycles. The lowest BCUT2D eigenvalue weighted by Gasteiger charge is -2.25. The lowest BCUT2D eigenvalue weighted by Crippen LogP contribution is -2.38. The number of rotatable bonds is 5. The number of nitrogens with zero attached hydrogens (tertiary/aromatic N) is 2. The van der Waals surface area contributed by atoms with E-state index < -0.39 is 0 Å². The highest BCUT2D eigenvalue weighted by Gasteiger charge is 2.31. The molecule has 3 nitrogen and oxygen atoms in total. The molecule has 1 aromatic rings. The van der Waals surface area contributed by atoms with Crippen LogP contribution in [0, 0.1) is 0 Å². The minimum Gasteiger partial charge on any atom is -0.313 e. The third-order valence-electron chi connectivity index (χ3n) is 3.91. The fraction of sp³-hybridized carbons (Fsp3) is 0.643. The van der Waals surface area contributed by atoms with Crippen molar-refractivity contribution in [2.24, 2.45) is 0 Å². The number of pyridine rings is 1. The highest BCUT2D eigenvalue weighted by atomic mass is 35.5. The predicted molar refractivity (Wildman–Crippen MR) is 73.7 cm³/mol. The molecule has 0 radical (unpaired) electrons. The first-order valence-electron chi connectivity index (χ1n) is 6.89. The standard InChI is InChI=1S/C14H20ClN3/c15-14-8-16-7-5-11(14)9-18(13-3-4-13)10-12-2-1-6-17-12/h5,7-8,12-13,17H,1-4,6,9-10H2. The molecule has 18 heavy (non-hydrogen) atoms. The van der Waals surface area contributed by atoms with Gasteiger partial charge in [0.05, 0.1) is 5.02 Å². The molecule has 0 bridgehead atoms. The van der Waals surface area contributed by atoms with Crippen molar-refractivity contribution >= 4 is 11.6 Å². The van der Waals surface area contributed by atoms with Gasteiger partial charge in [-0.05, 0) is 43.9 Å². The van der Waals surface area contributed by atoms with Gasteiger partial charge in [0, 0.05) is 37.6 Å². The minimum absolute atomic E-state index is 0.672. The Balaban J connectivity index is 1.64. The van der Waals surface area contributed by atoms with Gasteiger partial charge < -0.3 is 5.32 Å². The van der Waals surface area contributed by atoms with Gasteiger partial charge in [-0.25, -0.2) is 0 Å². The molecule has 0 amide bonds. The van der Waals surface area contributed by atoms with Gasteiger partial charge in [-0.15, -0.1) is 0 Å². The van der Waals surface area contributed by atoms with E-state index in [1.54, 1.807) is 6.20 Å². The monoisotopic (exact) mass is 265 g/mol. The van der Waals surface area contributed by atoms with Crippen LogP contribution in [0.25, 0.3) is 0 Å². The molecule has 2 aliphatic rings. The van der Waals surface area contributed by atoms with Crippen LogP contribution in [0.15, 0.2) is 18.5 Å². The van der Waals surface area contributed by atoms with Crippen molar-refractivity contribution < 1.29 is 0 Å². The summed E-state index contributed by atoms with van der Waals surface area (Å²) in [6, 6.07) is 3.49. The highest BCUT2D eigenvalue weighted by molar-refractivity contribution is 6.31. The van der Waals surface area contributed by atoms with Crippen LogP contribution in [0.4, 0.5) is 0 Å². The van der Waals surface area contributed by atoms with Crippen molar-refractivity contribution in [3.05, 3.63) is 29.0 Å². The van der Waals surface area contributed by atoms with E-state index in [9.17, 15) is 0 Å². The van der Waals surface area contributed by atoms with Crippen LogP contribution >= 0.6 is 11.6 Å². The van der Waals surface area contributed by atoms with Crippen molar-refractivity contribution in [1.82, 2.24) is 15.2 Å². The van der Waals surface area contributed by atoms with Crippen LogP contribution in [0.1, 0.15) is 31.2 Å². The zero-order chi connectivity index (χ0) is 12.4. The maximum atomic E-state index is 6.21. The third kappa shape index (κ3) is 3.02. The van der Waals surface area contributed by atoms with Crippen LogP contribution in [-0.4, -0.2) is 35.1 Å². The first-order chi connectivity index (χ1) is 8.83. The first-order valence-corrected chi connectivity index (χ1v) is 7.26. The van der Waals surface area contributed by atoms with E-state index in [4.69, 9.17) is 11.6 Å². The Kier molecular flexibility index (Phi) is 3.83. The van der Waals surface area contributed by atoms with Crippen molar-refractivity contribution in [2.75, 3.05) is 13.1 Å². The third-order valence-corrected chi connectivity index (χ3v) is 4.25. The van der Waals surface area contributed by atoms with Crippen molar-refractivity contribution in [3.8, 4) is 0 Å². The highest BCUT2D eigenvalue weighted by Crippen LogP contribution is 2.30. The maximum absolute atomic E-state index is 6.21. The van der Waals surface area contributed by atoms with Gasteiger partial charge in [0.15, 0.2) is 0 Å². The summed E-state index contributed by atoms with van der Waals surface area (Å²) in [4.78, 5) is 6.64. The number of aromatic nitrogens is 1. The summed E-state index contributed by atoms with van der Waals surface area (Å²) in [6.45, 7) is 3.30. The van der Waals surface area contributed by atoms with Crippen LogP contribution in [-0.2, 0) is 6.54 Å². The molecule has 2 heterocycles. The average molecular weight is 266 g/mol. The largest absolute Gasteiger partial charge is 0.313 e. The fourth-order valence-corrected chi connectivity index (χ4v) is 2.91. The molecular weight excluding hydrogens is 246 g/mol. The van der Waals surface area contributed by atoms with E-state index in [1.807, 2.05) is 12.3 Å². The molecule has 0 aromatic carbocycles. The Labute approximate surface area is 114 Å². The fourth-order valence-electron chi connectivity index (χ4n) is 2.73. The Hall–Kier alpha value is -0.640. The summed E-state index contributed by atoms with van der Waals surface area (Å²) in [7, 11) is 0. The van der Waals surface area contributed by atoms with Crippen LogP contribution in [0.3, 0.4) is 0 Å². The van der Waals surface area contributed by atoms with Gasteiger partial charge in [0.2, 0.25) is 0 Å². The molecule has 1 aromatic heterocycles. The molecule has 1 saturated carbocycles. The van der Waals surface area contributed by atoms with E-state index in [1.165, 1.54) is 37.8 Å². The lowest BCUT2D eigenvalue weighted by atomic mass is 10.2. The van der Waals surface area contributed by atoms with Gasteiger partial charge >= 0.3 is 0 Å². The number of hydrogen-bond donors (Lipinski definition) is 1. The van der Waals surface area contributed by atoms with Crippen LogP contribution < -0.4 is 5.32 Å². The Morgan fingerprint density at radius 3 is 2.94 bits per heavy atom. The first kappa shape index (κ1) is 12.4. The van der Waals surface area contributed by atoms with Crippen LogP contribution in [0.2, 0.25) is 5.02 Å². The number of halogens is 1. The molecular formula is C14H20ClN3. The van der Waals surface area contributed by atoms with E-state index in [0.717, 1.165) is 24.2 Å². The minimum atomic E-state index is 0.672. The maximum Gasteiger partial charge on any atom is 0.0634 e. The molecule has 2 fully saturated rings. The summed E-state index contributed by atoms with van der Waals surface area (Å²) in [5.74, 6) is 0. The van der Waals surface area contributed by atoms with Gasteiger partial charge in [0.25, 0.3) is 0 Å². The SMILES string of the molecule is Clc1cnccc1CN(CC1CCCN1)C1CC1. The van der Waals surface area contributed by atoms with Crippen molar-refractivity contribution in [3.63, 3.8) is 0 Å². The van der Waals surface area contributed by atoms with Crippen molar-refractivity contribution in [1.29, 1.82) is 0 Å². The Morgan fingerprint density at radius 2 is 2.28 bits per heavy atom. The average Bonchev–Trinajstić information content (AvgIpc) is 3.10. The molecule has 98 valence electrons. The molecule has 1 unspecified atom stereocenters. The van der Waals surface area contributed by atoms with Crippen molar-refractivity contribution in [2.45, 2.75) is 44.3 Å². The summed E-state index contributed by atoms with van der Waals surface area (Å²) in [6.07, 6.45) is 8.90. The number of hydrogen-bond acceptors (Lipinski definition) is 3. The van der Waals surface area contributed by atoms with Gasteiger partial charge in [-0.2, -0.15) is 0 Å². The molecule has 1 N–H and O–H groups in total. The summed E-state index contributed by atoms with van der Waals surface area (Å²) < 4.78 is 0. The summed E-state index contributed by atoms with van der Waals surface area (Å²) in [5.41, 5.74) is 1.21. The zero-order valence-electron chi connectivity index (χ0n) is 10.6. The second kappa shape index (κ2) is 5.55.